The second-order valence-corrected chi connectivity index (χ2v) is 10.3. The van der Waals surface area contributed by atoms with Crippen LogP contribution in [0.2, 0.25) is 6.04 Å². The van der Waals surface area contributed by atoms with Gasteiger partial charge in [0.1, 0.15) is 8.80 Å². The molecule has 0 bridgehead atoms. The Bertz CT molecular complexity index is 617. The van der Waals surface area contributed by atoms with Crippen LogP contribution in [0.3, 0.4) is 0 Å². The Hall–Kier alpha value is -1.08. The van der Waals surface area contributed by atoms with Crippen molar-refractivity contribution < 1.29 is 0 Å². The van der Waals surface area contributed by atoms with Gasteiger partial charge in [0.05, 0.1) is 0 Å². The Kier molecular flexibility index (Phi) is 6.08. The van der Waals surface area contributed by atoms with Crippen LogP contribution in [-0.4, -0.2) is 8.80 Å². The van der Waals surface area contributed by atoms with Crippen LogP contribution < -0.4 is 5.19 Å². The molecular formula is C22H34Si. The van der Waals surface area contributed by atoms with Gasteiger partial charge in [-0.15, -0.1) is 0 Å². The third kappa shape index (κ3) is 3.55. The van der Waals surface area contributed by atoms with Gasteiger partial charge in [-0.2, -0.15) is 0 Å². The highest BCUT2D eigenvalue weighted by atomic mass is 28.3. The van der Waals surface area contributed by atoms with E-state index in [4.69, 9.17) is 0 Å². The fraction of sp³-hybridized carbons (Fsp3) is 0.545. The van der Waals surface area contributed by atoms with Crippen LogP contribution >= 0.6 is 0 Å². The molecule has 0 N–H and O–H groups in total. The van der Waals surface area contributed by atoms with Crippen molar-refractivity contribution in [3.8, 4) is 0 Å². The van der Waals surface area contributed by atoms with Gasteiger partial charge >= 0.3 is 0 Å². The van der Waals surface area contributed by atoms with Gasteiger partial charge in [0, 0.05) is 0 Å². The second-order valence-electron chi connectivity index (χ2n) is 7.37. The van der Waals surface area contributed by atoms with E-state index >= 15 is 0 Å². The first kappa shape index (κ1) is 18.3. The van der Waals surface area contributed by atoms with Gasteiger partial charge in [-0.3, -0.25) is 0 Å². The normalized spacial score (nSPS) is 15.6. The van der Waals surface area contributed by atoms with Gasteiger partial charge in [0.2, 0.25) is 0 Å². The summed E-state index contributed by atoms with van der Waals surface area (Å²) < 4.78 is 0. The maximum Gasteiger partial charge on any atom is 0.103 e. The molecule has 1 atom stereocenters. The quantitative estimate of drug-likeness (QED) is 0.467. The predicted molar refractivity (Wildman–Crippen MR) is 108 cm³/mol. The molecule has 1 aliphatic carbocycles. The van der Waals surface area contributed by atoms with Crippen molar-refractivity contribution in [2.45, 2.75) is 80.2 Å². The number of benzene rings is 1. The molecule has 1 heteroatoms. The predicted octanol–water partition coefficient (Wildman–Crippen LogP) is 5.67. The molecule has 0 aromatic heterocycles. The third-order valence-electron chi connectivity index (χ3n) is 6.10. The first-order valence-corrected chi connectivity index (χ1v) is 11.3. The summed E-state index contributed by atoms with van der Waals surface area (Å²) in [5.74, 6) is 0. The molecule has 1 aliphatic rings. The first-order chi connectivity index (χ1) is 10.9. The molecule has 0 nitrogen and oxygen atoms in total. The van der Waals surface area contributed by atoms with Crippen molar-refractivity contribution in [3.63, 3.8) is 0 Å². The van der Waals surface area contributed by atoms with Gasteiger partial charge in [0.25, 0.3) is 0 Å². The number of allylic oxidation sites excluding steroid dienone is 4. The Morgan fingerprint density at radius 1 is 0.783 bits per heavy atom. The van der Waals surface area contributed by atoms with Gasteiger partial charge in [0.15, 0.2) is 0 Å². The molecule has 1 aromatic rings. The van der Waals surface area contributed by atoms with Crippen LogP contribution in [0.1, 0.15) is 67.3 Å². The van der Waals surface area contributed by atoms with Crippen molar-refractivity contribution in [2.24, 2.45) is 0 Å². The lowest BCUT2D eigenvalue weighted by Crippen LogP contribution is -2.38. The number of hydrogen-bond donors (Lipinski definition) is 0. The van der Waals surface area contributed by atoms with E-state index in [2.05, 4.69) is 60.6 Å². The molecule has 2 rings (SSSR count). The Morgan fingerprint density at radius 2 is 1.35 bits per heavy atom. The largest absolute Gasteiger partial charge is 0.103 e. The fourth-order valence-electron chi connectivity index (χ4n) is 4.16. The molecule has 0 fully saturated rings. The smallest absolute Gasteiger partial charge is 0.0811 e. The Labute approximate surface area is 145 Å². The zero-order valence-electron chi connectivity index (χ0n) is 16.3. The van der Waals surface area contributed by atoms with Crippen molar-refractivity contribution in [1.29, 1.82) is 0 Å². The number of unbranched alkanes of at least 4 members (excludes halogenated alkanes) is 2. The maximum absolute atomic E-state index is 2.53. The van der Waals surface area contributed by atoms with Crippen molar-refractivity contribution in [2.75, 3.05) is 0 Å². The fourth-order valence-corrected chi connectivity index (χ4v) is 8.34. The standard InChI is InChI=1S/C22H34Si/c1-8-9-10-14-23(21-13-11-12-15(21)2)22-19(6)17(4)16(3)18(5)20(22)7/h12-13,23H,8-11,14H2,1-7H3. The number of rotatable bonds is 6. The molecule has 0 amide bonds. The SMILES string of the molecule is CCCCC[SiH](C1=CCC=C1C)c1c(C)c(C)c(C)c(C)c1C. The van der Waals surface area contributed by atoms with E-state index in [0.717, 1.165) is 6.42 Å². The van der Waals surface area contributed by atoms with Crippen LogP contribution in [0.25, 0.3) is 0 Å². The minimum atomic E-state index is -1.10. The van der Waals surface area contributed by atoms with Gasteiger partial charge < -0.3 is 0 Å². The lowest BCUT2D eigenvalue weighted by atomic mass is 9.95. The van der Waals surface area contributed by atoms with Crippen LogP contribution in [0, 0.1) is 34.6 Å². The monoisotopic (exact) mass is 326 g/mol. The van der Waals surface area contributed by atoms with E-state index in [1.54, 1.807) is 27.1 Å². The highest BCUT2D eigenvalue weighted by Crippen LogP contribution is 2.28. The minimum absolute atomic E-state index is 1.10. The summed E-state index contributed by atoms with van der Waals surface area (Å²) >= 11 is 0. The highest BCUT2D eigenvalue weighted by molar-refractivity contribution is 6.81. The van der Waals surface area contributed by atoms with E-state index < -0.39 is 8.80 Å². The first-order valence-electron chi connectivity index (χ1n) is 9.34. The van der Waals surface area contributed by atoms with Crippen molar-refractivity contribution in [1.82, 2.24) is 0 Å². The van der Waals surface area contributed by atoms with Crippen molar-refractivity contribution in [3.05, 3.63) is 50.7 Å². The molecule has 0 saturated heterocycles. The van der Waals surface area contributed by atoms with Crippen LogP contribution in [0.5, 0.6) is 0 Å². The van der Waals surface area contributed by atoms with Gasteiger partial charge in [-0.1, -0.05) is 60.3 Å². The van der Waals surface area contributed by atoms with E-state index in [-0.39, 0.29) is 0 Å². The van der Waals surface area contributed by atoms with E-state index in [1.165, 1.54) is 42.0 Å². The molecule has 23 heavy (non-hydrogen) atoms. The Morgan fingerprint density at radius 3 is 1.83 bits per heavy atom. The number of hydrogen-bond acceptors (Lipinski definition) is 0. The summed E-state index contributed by atoms with van der Waals surface area (Å²) in [6.07, 6.45) is 10.2. The van der Waals surface area contributed by atoms with Crippen LogP contribution in [0.4, 0.5) is 0 Å². The Balaban J connectivity index is 2.54. The zero-order chi connectivity index (χ0) is 17.1. The van der Waals surface area contributed by atoms with Gasteiger partial charge in [-0.05, 0) is 75.8 Å². The van der Waals surface area contributed by atoms with E-state index in [0.29, 0.717) is 0 Å². The summed E-state index contributed by atoms with van der Waals surface area (Å²) in [5, 5.41) is 3.48. The molecule has 0 radical (unpaired) electrons. The van der Waals surface area contributed by atoms with Crippen molar-refractivity contribution >= 4 is 14.0 Å². The molecule has 0 saturated carbocycles. The average molecular weight is 327 g/mol. The molecule has 126 valence electrons. The lowest BCUT2D eigenvalue weighted by molar-refractivity contribution is 0.767. The molecule has 1 unspecified atom stereocenters. The van der Waals surface area contributed by atoms with E-state index in [1.807, 2.05) is 0 Å². The summed E-state index contributed by atoms with van der Waals surface area (Å²) in [6.45, 7) is 16.3. The van der Waals surface area contributed by atoms with E-state index in [9.17, 15) is 0 Å². The summed E-state index contributed by atoms with van der Waals surface area (Å²) in [6, 6.07) is 1.43. The average Bonchev–Trinajstić information content (AvgIpc) is 2.95. The minimum Gasteiger partial charge on any atom is -0.0811 e. The zero-order valence-corrected chi connectivity index (χ0v) is 17.4. The molecule has 0 spiro atoms. The van der Waals surface area contributed by atoms with Crippen LogP contribution in [0.15, 0.2) is 22.9 Å². The maximum atomic E-state index is 2.53. The summed E-state index contributed by atoms with van der Waals surface area (Å²) in [5.41, 5.74) is 9.27. The second kappa shape index (κ2) is 7.66. The molecular weight excluding hydrogens is 292 g/mol. The topological polar surface area (TPSA) is 0 Å². The summed E-state index contributed by atoms with van der Waals surface area (Å²) in [7, 11) is -1.10. The highest BCUT2D eigenvalue weighted by Gasteiger charge is 2.26. The third-order valence-corrected chi connectivity index (χ3v) is 10.1. The molecule has 0 heterocycles. The molecule has 1 aromatic carbocycles. The van der Waals surface area contributed by atoms with Gasteiger partial charge in [-0.25, -0.2) is 0 Å². The lowest BCUT2D eigenvalue weighted by Gasteiger charge is -2.26. The summed E-state index contributed by atoms with van der Waals surface area (Å²) in [4.78, 5) is 0. The molecule has 0 aliphatic heterocycles. The van der Waals surface area contributed by atoms with Crippen LogP contribution in [-0.2, 0) is 0 Å².